The number of carboxylic acids is 2. The smallest absolute Gasteiger partial charge is 0.469 e. The number of ether oxygens (including phenoxy) is 4. The molecule has 10 atom stereocenters. The van der Waals surface area contributed by atoms with Gasteiger partial charge in [0.2, 0.25) is 0 Å². The first kappa shape index (κ1) is 57.0. The zero-order valence-electron chi connectivity index (χ0n) is 40.9. The predicted octanol–water partition coefficient (Wildman–Crippen LogP) is 8.54. The third-order valence-electron chi connectivity index (χ3n) is 14.5. The molecule has 0 amide bonds. The van der Waals surface area contributed by atoms with Crippen molar-refractivity contribution in [2.75, 3.05) is 13.2 Å². The number of benzene rings is 2. The molecule has 4 aliphatic rings. The van der Waals surface area contributed by atoms with Crippen molar-refractivity contribution >= 4 is 39.5 Å². The van der Waals surface area contributed by atoms with Crippen molar-refractivity contribution in [1.29, 1.82) is 0 Å². The summed E-state index contributed by atoms with van der Waals surface area (Å²) in [7, 11) is -9.44. The van der Waals surface area contributed by atoms with Gasteiger partial charge in [0.05, 0.1) is 12.2 Å². The van der Waals surface area contributed by atoms with Crippen LogP contribution in [0.1, 0.15) is 140 Å². The van der Waals surface area contributed by atoms with Crippen LogP contribution in [0.2, 0.25) is 0 Å². The van der Waals surface area contributed by atoms with Gasteiger partial charge in [0.25, 0.3) is 0 Å². The lowest BCUT2D eigenvalue weighted by atomic mass is 9.73. The number of hydrogen-bond acceptors (Lipinski definition) is 12. The molecule has 0 saturated heterocycles. The molecule has 0 radical (unpaired) electrons. The molecule has 0 spiro atoms. The monoisotopic (exact) mass is 1020 g/mol. The maximum absolute atomic E-state index is 11.9. The van der Waals surface area contributed by atoms with Crippen LogP contribution in [0.25, 0.3) is 0 Å². The van der Waals surface area contributed by atoms with Gasteiger partial charge in [0.1, 0.15) is 23.7 Å². The largest absolute Gasteiger partial charge is 0.482 e. The summed E-state index contributed by atoms with van der Waals surface area (Å²) in [5.41, 5.74) is 4.14. The second kappa shape index (κ2) is 26.7. The molecule has 6 N–H and O–H groups in total. The van der Waals surface area contributed by atoms with Gasteiger partial charge >= 0.3 is 39.5 Å². The molecule has 0 bridgehead atoms. The van der Waals surface area contributed by atoms with Crippen LogP contribution in [0, 0.1) is 35.5 Å². The van der Waals surface area contributed by atoms with Crippen molar-refractivity contribution in [3.63, 3.8) is 0 Å². The summed E-state index contributed by atoms with van der Waals surface area (Å²) < 4.78 is 55.9. The minimum absolute atomic E-state index is 0.0369. The summed E-state index contributed by atoms with van der Waals surface area (Å²) in [5, 5.41) is 18.0. The quantitative estimate of drug-likeness (QED) is 0.0292. The molecular formula is C50H74O18P2. The molecule has 0 aliphatic heterocycles. The number of phosphoric ester groups is 2. The summed E-state index contributed by atoms with van der Waals surface area (Å²) >= 11 is 0. The highest BCUT2D eigenvalue weighted by Crippen LogP contribution is 2.54. The van der Waals surface area contributed by atoms with E-state index in [1.54, 1.807) is 12.1 Å². The Kier molecular flexibility index (Phi) is 21.8. The SMILES string of the molecule is CCCCC[C@@H](CC[C@@H]1[C@H]2Cc3cccc(OCC(=O)O)c3C[C@H]2C[C@H]1OC(C)=O)OC(C)=O.CCCCC[C@@H](CC[C@@H]1[C@H]2Cc3cccc(OCC(=O)O)c3C[C@H]2C[C@H]1OP(=O)(O)O)OP(=O)(O)O. The number of rotatable bonds is 26. The summed E-state index contributed by atoms with van der Waals surface area (Å²) in [6.45, 7) is 6.28. The van der Waals surface area contributed by atoms with Gasteiger partial charge in [0, 0.05) is 13.8 Å². The minimum Gasteiger partial charge on any atom is -0.482 e. The highest BCUT2D eigenvalue weighted by Gasteiger charge is 2.49. The van der Waals surface area contributed by atoms with Crippen molar-refractivity contribution < 1.29 is 86.1 Å². The number of hydrogen-bond donors (Lipinski definition) is 6. The summed E-state index contributed by atoms with van der Waals surface area (Å²) in [6, 6.07) is 11.3. The first-order chi connectivity index (χ1) is 33.1. The van der Waals surface area contributed by atoms with Gasteiger partial charge in [-0.05, 0) is 153 Å². The van der Waals surface area contributed by atoms with E-state index in [0.717, 1.165) is 93.7 Å². The number of carbonyl (C=O) groups excluding carboxylic acids is 2. The molecule has 392 valence electrons. The van der Waals surface area contributed by atoms with Crippen LogP contribution in [0.4, 0.5) is 0 Å². The molecule has 70 heavy (non-hydrogen) atoms. The number of carbonyl (C=O) groups is 4. The number of carboxylic acid groups (broad SMARTS) is 2. The molecular weight excluding hydrogens is 950 g/mol. The van der Waals surface area contributed by atoms with Gasteiger partial charge in [-0.2, -0.15) is 0 Å². The van der Waals surface area contributed by atoms with Crippen LogP contribution < -0.4 is 9.47 Å². The first-order valence-electron chi connectivity index (χ1n) is 24.9. The van der Waals surface area contributed by atoms with Gasteiger partial charge < -0.3 is 48.7 Å². The molecule has 2 fully saturated rings. The predicted molar refractivity (Wildman–Crippen MR) is 256 cm³/mol. The van der Waals surface area contributed by atoms with E-state index < -0.39 is 46.4 Å². The topological polar surface area (TPSA) is 279 Å². The molecule has 2 aromatic carbocycles. The fraction of sp³-hybridized carbons (Fsp3) is 0.680. The number of phosphoric acid groups is 2. The Bertz CT molecular complexity index is 2150. The van der Waals surface area contributed by atoms with Gasteiger partial charge in [-0.25, -0.2) is 18.7 Å². The maximum Gasteiger partial charge on any atom is 0.469 e. The highest BCUT2D eigenvalue weighted by atomic mass is 31.2. The average Bonchev–Trinajstić information content (AvgIpc) is 3.77. The fourth-order valence-corrected chi connectivity index (χ4v) is 12.9. The van der Waals surface area contributed by atoms with E-state index in [0.29, 0.717) is 61.9 Å². The van der Waals surface area contributed by atoms with Gasteiger partial charge in [-0.15, -0.1) is 0 Å². The lowest BCUT2D eigenvalue weighted by molar-refractivity contribution is -0.149. The summed E-state index contributed by atoms with van der Waals surface area (Å²) in [6.07, 6.45) is 12.0. The summed E-state index contributed by atoms with van der Waals surface area (Å²) in [5.74, 6) is -0.727. The lowest BCUT2D eigenvalue weighted by Crippen LogP contribution is -2.30. The van der Waals surface area contributed by atoms with E-state index in [4.69, 9.17) is 38.2 Å². The van der Waals surface area contributed by atoms with E-state index in [2.05, 4.69) is 13.0 Å². The second-order valence-electron chi connectivity index (χ2n) is 19.5. The van der Waals surface area contributed by atoms with Crippen molar-refractivity contribution in [3.05, 3.63) is 58.7 Å². The van der Waals surface area contributed by atoms with E-state index >= 15 is 0 Å². The van der Waals surface area contributed by atoms with Crippen LogP contribution in [-0.2, 0) is 72.5 Å². The van der Waals surface area contributed by atoms with Gasteiger partial charge in [-0.1, -0.05) is 70.2 Å². The van der Waals surface area contributed by atoms with Crippen LogP contribution in [-0.4, -0.2) is 91.3 Å². The molecule has 0 unspecified atom stereocenters. The Morgan fingerprint density at radius 2 is 1.09 bits per heavy atom. The Hall–Kier alpha value is -3.86. The molecule has 0 aromatic heterocycles. The van der Waals surface area contributed by atoms with E-state index in [1.165, 1.54) is 19.4 Å². The van der Waals surface area contributed by atoms with Gasteiger partial charge in [0.15, 0.2) is 13.2 Å². The number of esters is 2. The van der Waals surface area contributed by atoms with E-state index in [1.807, 2.05) is 25.1 Å². The van der Waals surface area contributed by atoms with Gasteiger partial charge in [-0.3, -0.25) is 18.6 Å². The Morgan fingerprint density at radius 3 is 1.53 bits per heavy atom. The second-order valence-corrected chi connectivity index (χ2v) is 21.9. The zero-order valence-corrected chi connectivity index (χ0v) is 42.6. The van der Waals surface area contributed by atoms with Crippen molar-refractivity contribution in [3.8, 4) is 11.5 Å². The third kappa shape index (κ3) is 17.7. The number of fused-ring (bicyclic) bond motifs is 4. The minimum atomic E-state index is -4.76. The maximum atomic E-state index is 11.9. The standard InChI is InChI=1S/C27H38O7.C23H36O11P2/c1-4-5-6-9-21(33-17(2)28)11-12-22-23-13-19-8-7-10-25(32-16-27(30)31)24(19)14-20(23)15-26(22)34-18(3)29;1-2-3-4-7-17(33-35(26,27)28)9-10-18-19-11-15-6-5-8-21(32-14-23(24)25)20(15)12-16(19)13-22(18)34-36(29,30)31/h7-8,10,20-23,26H,4-6,9,11-16H2,1-3H3,(H,30,31);5-6,8,16-19,22H,2-4,7,9-14H2,1H3,(H,24,25)(H2,26,27,28)(H2,29,30,31)/t20-,21-,22+,23-,26+;16-,17-,18+,19-,22+/m00/s1. The third-order valence-corrected chi connectivity index (χ3v) is 15.6. The molecule has 2 saturated carbocycles. The van der Waals surface area contributed by atoms with Crippen LogP contribution in [0.15, 0.2) is 36.4 Å². The van der Waals surface area contributed by atoms with E-state index in [-0.39, 0.29) is 54.4 Å². The van der Waals surface area contributed by atoms with E-state index in [9.17, 15) is 47.9 Å². The van der Waals surface area contributed by atoms with Crippen LogP contribution >= 0.6 is 15.6 Å². The molecule has 4 aliphatic carbocycles. The fourth-order valence-electron chi connectivity index (χ4n) is 11.7. The zero-order chi connectivity index (χ0) is 51.2. The molecule has 6 rings (SSSR count). The number of aliphatic carboxylic acids is 2. The molecule has 20 heteroatoms. The number of unbranched alkanes of at least 4 members (excludes halogenated alkanes) is 4. The highest BCUT2D eigenvalue weighted by molar-refractivity contribution is 7.46. The van der Waals surface area contributed by atoms with Crippen LogP contribution in [0.3, 0.4) is 0 Å². The summed E-state index contributed by atoms with van der Waals surface area (Å²) in [4.78, 5) is 83.2. The molecule has 0 heterocycles. The Balaban J connectivity index is 0.000000261. The van der Waals surface area contributed by atoms with Crippen molar-refractivity contribution in [2.45, 2.75) is 168 Å². The van der Waals surface area contributed by atoms with Crippen molar-refractivity contribution in [2.24, 2.45) is 35.5 Å². The van der Waals surface area contributed by atoms with Crippen LogP contribution in [0.5, 0.6) is 11.5 Å². The normalized spacial score (nSPS) is 24.3. The van der Waals surface area contributed by atoms with Crippen molar-refractivity contribution in [1.82, 2.24) is 0 Å². The molecule has 2 aromatic rings. The Labute approximate surface area is 411 Å². The Morgan fingerprint density at radius 1 is 0.614 bits per heavy atom. The molecule has 18 nitrogen and oxygen atoms in total. The average molecular weight is 1030 g/mol. The lowest BCUT2D eigenvalue weighted by Gasteiger charge is -2.33. The first-order valence-corrected chi connectivity index (χ1v) is 27.9.